The number of hydrogen-bond acceptors (Lipinski definition) is 0. The number of benzene rings is 7. The van der Waals surface area contributed by atoms with Crippen molar-refractivity contribution in [2.45, 2.75) is 6.92 Å². The van der Waals surface area contributed by atoms with Gasteiger partial charge in [0.15, 0.2) is 0 Å². The molecular weight excluding hydrogens is 396 g/mol. The van der Waals surface area contributed by atoms with E-state index in [0.717, 1.165) is 0 Å². The summed E-state index contributed by atoms with van der Waals surface area (Å²) < 4.78 is 0. The van der Waals surface area contributed by atoms with Crippen LogP contribution in [0.15, 0.2) is 115 Å². The van der Waals surface area contributed by atoms with Crippen molar-refractivity contribution in [1.29, 1.82) is 0 Å². The Morgan fingerprint density at radius 2 is 1.03 bits per heavy atom. The minimum Gasteiger partial charge on any atom is -0.0616 e. The normalized spacial score (nSPS) is 11.8. The van der Waals surface area contributed by atoms with Gasteiger partial charge in [0.05, 0.1) is 0 Å². The molecule has 0 saturated carbocycles. The summed E-state index contributed by atoms with van der Waals surface area (Å²) in [5.74, 6) is 0. The molecule has 0 fully saturated rings. The fourth-order valence-corrected chi connectivity index (χ4v) is 5.43. The van der Waals surface area contributed by atoms with Gasteiger partial charge in [0.2, 0.25) is 0 Å². The van der Waals surface area contributed by atoms with Crippen LogP contribution in [0.2, 0.25) is 0 Å². The van der Waals surface area contributed by atoms with Crippen molar-refractivity contribution in [3.8, 4) is 22.3 Å². The minimum atomic E-state index is 1.25. The average molecular weight is 419 g/mol. The zero-order chi connectivity index (χ0) is 21.9. The summed E-state index contributed by atoms with van der Waals surface area (Å²) in [7, 11) is 0. The SMILES string of the molecule is Cc1ccc2ccc3c(-c4cccc(-c5ccc6ccccc6c5)c4)ccc4ccc1c2c43. The maximum Gasteiger partial charge on any atom is -0.00205 e. The standard InChI is InChI=1S/C33H22/c1-21-9-10-23-15-18-31-30(17-14-24-13-16-29(21)32(23)33(24)31)28-8-4-7-26(20-28)27-12-11-22-5-2-3-6-25(22)19-27/h2-20H,1H3. The molecule has 0 aromatic heterocycles. The van der Waals surface area contributed by atoms with E-state index in [1.54, 1.807) is 0 Å². The molecule has 0 heteroatoms. The Morgan fingerprint density at radius 1 is 0.394 bits per heavy atom. The summed E-state index contributed by atoms with van der Waals surface area (Å²) in [5.41, 5.74) is 6.39. The molecule has 0 saturated heterocycles. The molecule has 0 aliphatic rings. The lowest BCUT2D eigenvalue weighted by Gasteiger charge is -2.16. The second-order valence-corrected chi connectivity index (χ2v) is 9.06. The first-order valence-corrected chi connectivity index (χ1v) is 11.5. The second kappa shape index (κ2) is 6.92. The van der Waals surface area contributed by atoms with Crippen LogP contribution in [0.3, 0.4) is 0 Å². The van der Waals surface area contributed by atoms with Gasteiger partial charge in [-0.25, -0.2) is 0 Å². The van der Waals surface area contributed by atoms with Crippen molar-refractivity contribution < 1.29 is 0 Å². The van der Waals surface area contributed by atoms with E-state index in [2.05, 4.69) is 122 Å². The molecule has 0 amide bonds. The first kappa shape index (κ1) is 18.4. The molecule has 0 aliphatic heterocycles. The Balaban J connectivity index is 1.46. The Hall–Kier alpha value is -4.16. The monoisotopic (exact) mass is 418 g/mol. The van der Waals surface area contributed by atoms with E-state index in [-0.39, 0.29) is 0 Å². The molecule has 0 N–H and O–H groups in total. The van der Waals surface area contributed by atoms with E-state index >= 15 is 0 Å². The average Bonchev–Trinajstić information content (AvgIpc) is 2.88. The fraction of sp³-hybridized carbons (Fsp3) is 0.0303. The highest BCUT2D eigenvalue weighted by Crippen LogP contribution is 2.40. The van der Waals surface area contributed by atoms with Gasteiger partial charge in [-0.05, 0) is 90.0 Å². The summed E-state index contributed by atoms with van der Waals surface area (Å²) in [4.78, 5) is 0. The Labute approximate surface area is 193 Å². The first-order valence-electron chi connectivity index (χ1n) is 11.5. The van der Waals surface area contributed by atoms with Gasteiger partial charge >= 0.3 is 0 Å². The maximum absolute atomic E-state index is 2.33. The van der Waals surface area contributed by atoms with Crippen molar-refractivity contribution in [1.82, 2.24) is 0 Å². The van der Waals surface area contributed by atoms with E-state index in [9.17, 15) is 0 Å². The van der Waals surface area contributed by atoms with Crippen LogP contribution in [-0.2, 0) is 0 Å². The van der Waals surface area contributed by atoms with Gasteiger partial charge in [-0.2, -0.15) is 0 Å². The van der Waals surface area contributed by atoms with Crippen molar-refractivity contribution in [3.05, 3.63) is 121 Å². The highest BCUT2D eigenvalue weighted by Gasteiger charge is 2.13. The molecule has 0 unspecified atom stereocenters. The highest BCUT2D eigenvalue weighted by atomic mass is 14.2. The molecular formula is C33H22. The molecule has 33 heavy (non-hydrogen) atoms. The van der Waals surface area contributed by atoms with Crippen LogP contribution in [0.25, 0.3) is 65.3 Å². The Morgan fingerprint density at radius 3 is 1.91 bits per heavy atom. The summed E-state index contributed by atoms with van der Waals surface area (Å²) in [6.07, 6.45) is 0. The molecule has 7 rings (SSSR count). The lowest BCUT2D eigenvalue weighted by atomic mass is 9.88. The van der Waals surface area contributed by atoms with Crippen molar-refractivity contribution in [3.63, 3.8) is 0 Å². The van der Waals surface area contributed by atoms with Gasteiger partial charge in [0.1, 0.15) is 0 Å². The van der Waals surface area contributed by atoms with Crippen LogP contribution < -0.4 is 0 Å². The predicted molar refractivity (Wildman–Crippen MR) is 143 cm³/mol. The summed E-state index contributed by atoms with van der Waals surface area (Å²) >= 11 is 0. The van der Waals surface area contributed by atoms with Gasteiger partial charge in [0.25, 0.3) is 0 Å². The van der Waals surface area contributed by atoms with Gasteiger partial charge in [0, 0.05) is 0 Å². The van der Waals surface area contributed by atoms with E-state index in [1.165, 1.54) is 70.9 Å². The third kappa shape index (κ3) is 2.78. The highest BCUT2D eigenvalue weighted by molar-refractivity contribution is 6.26. The van der Waals surface area contributed by atoms with Crippen LogP contribution in [0.1, 0.15) is 5.56 Å². The van der Waals surface area contributed by atoms with Gasteiger partial charge in [-0.3, -0.25) is 0 Å². The lowest BCUT2D eigenvalue weighted by molar-refractivity contribution is 1.55. The molecule has 7 aromatic carbocycles. The number of aryl methyl sites for hydroxylation is 1. The second-order valence-electron chi connectivity index (χ2n) is 9.06. The largest absolute Gasteiger partial charge is 0.0616 e. The van der Waals surface area contributed by atoms with Crippen molar-refractivity contribution >= 4 is 43.1 Å². The Bertz CT molecular complexity index is 1820. The number of rotatable bonds is 2. The van der Waals surface area contributed by atoms with Gasteiger partial charge < -0.3 is 0 Å². The summed E-state index contributed by atoms with van der Waals surface area (Å²) in [6.45, 7) is 2.21. The number of fused-ring (bicyclic) bond motifs is 1. The van der Waals surface area contributed by atoms with Crippen LogP contribution in [-0.4, -0.2) is 0 Å². The zero-order valence-electron chi connectivity index (χ0n) is 18.5. The van der Waals surface area contributed by atoms with Crippen LogP contribution in [0.5, 0.6) is 0 Å². The minimum absolute atomic E-state index is 1.25. The number of hydrogen-bond donors (Lipinski definition) is 0. The van der Waals surface area contributed by atoms with Crippen LogP contribution >= 0.6 is 0 Å². The molecule has 0 radical (unpaired) electrons. The molecule has 154 valence electrons. The molecule has 0 bridgehead atoms. The van der Waals surface area contributed by atoms with E-state index in [1.807, 2.05) is 0 Å². The molecule has 0 atom stereocenters. The summed E-state index contributed by atoms with van der Waals surface area (Å²) in [6, 6.07) is 42.4. The molecule has 0 spiro atoms. The van der Waals surface area contributed by atoms with Crippen LogP contribution in [0, 0.1) is 6.92 Å². The molecule has 0 heterocycles. The fourth-order valence-electron chi connectivity index (χ4n) is 5.43. The Kier molecular flexibility index (Phi) is 3.86. The van der Waals surface area contributed by atoms with E-state index < -0.39 is 0 Å². The lowest BCUT2D eigenvalue weighted by Crippen LogP contribution is -1.89. The van der Waals surface area contributed by atoms with Gasteiger partial charge in [-0.1, -0.05) is 103 Å². The van der Waals surface area contributed by atoms with Crippen molar-refractivity contribution in [2.24, 2.45) is 0 Å². The van der Waals surface area contributed by atoms with E-state index in [4.69, 9.17) is 0 Å². The van der Waals surface area contributed by atoms with Gasteiger partial charge in [-0.15, -0.1) is 0 Å². The van der Waals surface area contributed by atoms with Crippen LogP contribution in [0.4, 0.5) is 0 Å². The zero-order valence-corrected chi connectivity index (χ0v) is 18.5. The first-order chi connectivity index (χ1) is 16.3. The smallest absolute Gasteiger partial charge is 0.00205 e. The third-order valence-electron chi connectivity index (χ3n) is 7.14. The maximum atomic E-state index is 2.33. The molecule has 0 aliphatic carbocycles. The molecule has 7 aromatic rings. The van der Waals surface area contributed by atoms with E-state index in [0.29, 0.717) is 0 Å². The third-order valence-corrected chi connectivity index (χ3v) is 7.14. The molecule has 0 nitrogen and oxygen atoms in total. The summed E-state index contributed by atoms with van der Waals surface area (Å²) in [5, 5.41) is 10.6. The van der Waals surface area contributed by atoms with Crippen molar-refractivity contribution in [2.75, 3.05) is 0 Å². The quantitative estimate of drug-likeness (QED) is 0.245. The topological polar surface area (TPSA) is 0 Å². The predicted octanol–water partition coefficient (Wildman–Crippen LogP) is 9.38.